The maximum atomic E-state index is 8.22. The Labute approximate surface area is 137 Å². The first-order chi connectivity index (χ1) is 9.81. The molecule has 0 spiro atoms. The smallest absolute Gasteiger partial charge is 0.312 e. The Morgan fingerprint density at radius 2 is 1.05 bits per heavy atom. The highest BCUT2D eigenvalue weighted by atomic mass is 31.2. The van der Waals surface area contributed by atoms with Crippen molar-refractivity contribution in [2.45, 2.75) is 86.0 Å². The number of hydrogen-bond donors (Lipinski definition) is 5. The summed E-state index contributed by atoms with van der Waals surface area (Å²) < 4.78 is 0. The summed E-state index contributed by atoms with van der Waals surface area (Å²) in [5.74, 6) is 0. The van der Waals surface area contributed by atoms with E-state index in [1.165, 1.54) is 0 Å². The second kappa shape index (κ2) is 15.6. The summed E-state index contributed by atoms with van der Waals surface area (Å²) in [5, 5.41) is 14.5. The Bertz CT molecular complexity index is 246. The van der Waals surface area contributed by atoms with E-state index < -0.39 is 7.94 Å². The fourth-order valence-electron chi connectivity index (χ4n) is 1.53. The zero-order chi connectivity index (χ0) is 18.3. The minimum Gasteiger partial charge on any atom is -0.312 e. The fraction of sp³-hybridized carbons (Fsp3) is 0.933. The van der Waals surface area contributed by atoms with Gasteiger partial charge in [-0.2, -0.15) is 19.9 Å². The summed E-state index contributed by atoms with van der Waals surface area (Å²) in [6.45, 7) is 17.2. The third-order valence-corrected chi connectivity index (χ3v) is 2.68. The molecule has 0 aliphatic rings. The standard InChI is InChI=1S/2C6H15N.C3H7NO3P/c2*1-5(2)7-6(3)4;4-2-1-3-8(5,6)7/h2*5-7H,1-4H3;5-7H,1,3H2/q;;+1. The summed E-state index contributed by atoms with van der Waals surface area (Å²) in [5.41, 5.74) is 0. The van der Waals surface area contributed by atoms with Gasteiger partial charge in [0.15, 0.2) is 6.16 Å². The van der Waals surface area contributed by atoms with E-state index in [-0.39, 0.29) is 12.6 Å². The van der Waals surface area contributed by atoms with Gasteiger partial charge in [0.05, 0.1) is 12.5 Å². The van der Waals surface area contributed by atoms with Gasteiger partial charge in [0.25, 0.3) is 0 Å². The first-order valence-corrected chi connectivity index (χ1v) is 9.60. The molecule has 0 saturated heterocycles. The lowest BCUT2D eigenvalue weighted by Crippen LogP contribution is -2.29. The van der Waals surface area contributed by atoms with Gasteiger partial charge < -0.3 is 10.6 Å². The minimum absolute atomic E-state index is 0.0166. The van der Waals surface area contributed by atoms with Gasteiger partial charge in [-0.15, -0.1) is 0 Å². The summed E-state index contributed by atoms with van der Waals surface area (Å²) in [6, 6.07) is 4.17. The SMILES string of the molecule is CC(C)NC(C)C.CC(C)NC(C)C.N#CCC[P+](O)(O)O. The van der Waals surface area contributed by atoms with E-state index in [2.05, 4.69) is 66.0 Å². The van der Waals surface area contributed by atoms with Crippen molar-refractivity contribution in [3.8, 4) is 6.07 Å². The first kappa shape index (κ1) is 26.6. The molecule has 0 atom stereocenters. The van der Waals surface area contributed by atoms with Crippen molar-refractivity contribution in [3.63, 3.8) is 0 Å². The number of nitriles is 1. The van der Waals surface area contributed by atoms with Crippen LogP contribution in [-0.2, 0) is 0 Å². The van der Waals surface area contributed by atoms with Crippen molar-refractivity contribution in [1.29, 1.82) is 5.26 Å². The van der Waals surface area contributed by atoms with Crippen molar-refractivity contribution < 1.29 is 14.7 Å². The van der Waals surface area contributed by atoms with Crippen LogP contribution in [0.2, 0.25) is 0 Å². The lowest BCUT2D eigenvalue weighted by atomic mass is 10.3. The summed E-state index contributed by atoms with van der Waals surface area (Å²) in [4.78, 5) is 24.7. The van der Waals surface area contributed by atoms with Gasteiger partial charge in [-0.25, -0.2) is 0 Å². The molecule has 134 valence electrons. The highest BCUT2D eigenvalue weighted by Crippen LogP contribution is 2.44. The van der Waals surface area contributed by atoms with Gasteiger partial charge in [0, 0.05) is 24.2 Å². The molecule has 0 fully saturated rings. The summed E-state index contributed by atoms with van der Waals surface area (Å²) >= 11 is 0. The van der Waals surface area contributed by atoms with Crippen molar-refractivity contribution >= 4 is 7.94 Å². The summed E-state index contributed by atoms with van der Waals surface area (Å²) in [7, 11) is -3.65. The highest BCUT2D eigenvalue weighted by Gasteiger charge is 2.28. The van der Waals surface area contributed by atoms with Crippen LogP contribution in [0.1, 0.15) is 61.8 Å². The largest absolute Gasteiger partial charge is 0.404 e. The average molecular weight is 338 g/mol. The van der Waals surface area contributed by atoms with E-state index in [1.807, 2.05) is 0 Å². The quantitative estimate of drug-likeness (QED) is 0.476. The van der Waals surface area contributed by atoms with Crippen molar-refractivity contribution in [3.05, 3.63) is 0 Å². The van der Waals surface area contributed by atoms with Gasteiger partial charge >= 0.3 is 7.94 Å². The molecule has 22 heavy (non-hydrogen) atoms. The molecule has 0 saturated carbocycles. The molecule has 0 aromatic rings. The third-order valence-electron chi connectivity index (χ3n) is 1.86. The molecule has 6 nitrogen and oxygen atoms in total. The molecule has 0 aliphatic carbocycles. The number of hydrogen-bond acceptors (Lipinski definition) is 6. The topological polar surface area (TPSA) is 109 Å². The normalized spacial score (nSPS) is 11.0. The molecule has 0 aliphatic heterocycles. The molecular formula is C15H37N3O3P+. The van der Waals surface area contributed by atoms with Crippen LogP contribution in [-0.4, -0.2) is 45.0 Å². The molecule has 0 bridgehead atoms. The molecular weight excluding hydrogens is 301 g/mol. The highest BCUT2D eigenvalue weighted by molar-refractivity contribution is 7.58. The first-order valence-electron chi connectivity index (χ1n) is 7.77. The number of nitrogens with one attached hydrogen (secondary N) is 2. The van der Waals surface area contributed by atoms with E-state index in [0.29, 0.717) is 24.2 Å². The maximum absolute atomic E-state index is 8.22. The van der Waals surface area contributed by atoms with Crippen LogP contribution in [0.4, 0.5) is 0 Å². The van der Waals surface area contributed by atoms with Gasteiger partial charge in [0.2, 0.25) is 0 Å². The van der Waals surface area contributed by atoms with Crippen LogP contribution in [0.5, 0.6) is 0 Å². The van der Waals surface area contributed by atoms with Crippen LogP contribution in [0.3, 0.4) is 0 Å². The molecule has 0 heterocycles. The Hall–Kier alpha value is -0.280. The molecule has 0 aromatic carbocycles. The van der Waals surface area contributed by atoms with Crippen LogP contribution in [0, 0.1) is 11.3 Å². The zero-order valence-electron chi connectivity index (χ0n) is 15.5. The van der Waals surface area contributed by atoms with E-state index >= 15 is 0 Å². The second-order valence-electron chi connectivity index (χ2n) is 6.28. The van der Waals surface area contributed by atoms with Crippen LogP contribution >= 0.6 is 7.94 Å². The predicted molar refractivity (Wildman–Crippen MR) is 95.5 cm³/mol. The molecule has 0 aromatic heterocycles. The van der Waals surface area contributed by atoms with E-state index in [4.69, 9.17) is 19.9 Å². The lowest BCUT2D eigenvalue weighted by Gasteiger charge is -2.10. The molecule has 5 N–H and O–H groups in total. The molecule has 7 heteroatoms. The minimum atomic E-state index is -3.65. The fourth-order valence-corrected chi connectivity index (χ4v) is 1.93. The van der Waals surface area contributed by atoms with Crippen molar-refractivity contribution in [2.75, 3.05) is 6.16 Å². The number of nitrogens with zero attached hydrogens (tertiary/aromatic N) is 1. The molecule has 0 radical (unpaired) electrons. The van der Waals surface area contributed by atoms with Gasteiger partial charge in [-0.05, 0) is 0 Å². The lowest BCUT2D eigenvalue weighted by molar-refractivity contribution is 0.331. The monoisotopic (exact) mass is 338 g/mol. The van der Waals surface area contributed by atoms with Gasteiger partial charge in [0.1, 0.15) is 0 Å². The maximum Gasteiger partial charge on any atom is 0.404 e. The van der Waals surface area contributed by atoms with Crippen LogP contribution in [0.25, 0.3) is 0 Å². The second-order valence-corrected chi connectivity index (χ2v) is 8.11. The Balaban J connectivity index is -0.000000247. The Morgan fingerprint density at radius 3 is 1.09 bits per heavy atom. The van der Waals surface area contributed by atoms with Crippen molar-refractivity contribution in [1.82, 2.24) is 10.6 Å². The molecule has 0 rings (SSSR count). The van der Waals surface area contributed by atoms with Gasteiger partial charge in [-0.3, -0.25) is 0 Å². The summed E-state index contributed by atoms with van der Waals surface area (Å²) in [6.07, 6.45) is -0.235. The van der Waals surface area contributed by atoms with Crippen LogP contribution < -0.4 is 10.6 Å². The zero-order valence-corrected chi connectivity index (χ0v) is 16.4. The van der Waals surface area contributed by atoms with Crippen molar-refractivity contribution in [2.24, 2.45) is 0 Å². The molecule has 0 amide bonds. The number of rotatable bonds is 6. The molecule has 0 unspecified atom stereocenters. The van der Waals surface area contributed by atoms with E-state index in [1.54, 1.807) is 6.07 Å². The third kappa shape index (κ3) is 42.7. The Kier molecular flexibility index (Phi) is 18.9. The predicted octanol–water partition coefficient (Wildman–Crippen LogP) is 2.43. The van der Waals surface area contributed by atoms with Crippen LogP contribution in [0.15, 0.2) is 0 Å². The van der Waals surface area contributed by atoms with E-state index in [0.717, 1.165) is 0 Å². The average Bonchev–Trinajstić information content (AvgIpc) is 2.22. The van der Waals surface area contributed by atoms with Gasteiger partial charge in [-0.1, -0.05) is 55.4 Å². The Morgan fingerprint density at radius 1 is 0.773 bits per heavy atom. The van der Waals surface area contributed by atoms with E-state index in [9.17, 15) is 0 Å².